The first-order chi connectivity index (χ1) is 8.25. The van der Waals surface area contributed by atoms with Crippen LogP contribution in [0.15, 0.2) is 21.1 Å². The molecule has 0 fully saturated rings. The van der Waals surface area contributed by atoms with Crippen LogP contribution in [0.3, 0.4) is 0 Å². The van der Waals surface area contributed by atoms with E-state index in [9.17, 15) is 13.3 Å². The zero-order chi connectivity index (χ0) is 13.9. The van der Waals surface area contributed by atoms with Gasteiger partial charge in [0.25, 0.3) is 0 Å². The van der Waals surface area contributed by atoms with E-state index in [-0.39, 0.29) is 11.3 Å². The fourth-order valence-corrected chi connectivity index (χ4v) is 1.96. The molecule has 0 bridgehead atoms. The van der Waals surface area contributed by atoms with Gasteiger partial charge in [-0.25, -0.2) is 9.37 Å². The van der Waals surface area contributed by atoms with Crippen molar-refractivity contribution in [2.24, 2.45) is 4.40 Å². The highest BCUT2D eigenvalue weighted by Crippen LogP contribution is 2.20. The largest absolute Gasteiger partial charge is 0.591 e. The summed E-state index contributed by atoms with van der Waals surface area (Å²) in [6.45, 7) is 4.12. The maximum atomic E-state index is 13.5. The lowest BCUT2D eigenvalue weighted by molar-refractivity contribution is 0.555. The Hall–Kier alpha value is -0.530. The van der Waals surface area contributed by atoms with E-state index in [0.717, 1.165) is 0 Å². The lowest BCUT2D eigenvalue weighted by Gasteiger charge is -2.19. The average molecular weight is 339 g/mol. The number of rotatable bonds is 3. The van der Waals surface area contributed by atoms with Gasteiger partial charge in [-0.05, 0) is 42.8 Å². The monoisotopic (exact) mass is 338 g/mol. The number of hydrogen-bond donors (Lipinski definition) is 0. The first kappa shape index (κ1) is 15.5. The van der Waals surface area contributed by atoms with Crippen molar-refractivity contribution < 1.29 is 13.3 Å². The van der Waals surface area contributed by atoms with Crippen LogP contribution in [0.4, 0.5) is 8.78 Å². The van der Waals surface area contributed by atoms with E-state index < -0.39 is 28.7 Å². The van der Waals surface area contributed by atoms with Gasteiger partial charge in [0.05, 0.1) is 5.56 Å². The lowest BCUT2D eigenvalue weighted by atomic mass is 10.2. The number of alkyl halides is 1. The van der Waals surface area contributed by atoms with E-state index in [1.54, 1.807) is 20.8 Å². The van der Waals surface area contributed by atoms with Crippen LogP contribution in [0, 0.1) is 5.95 Å². The third-order valence-corrected chi connectivity index (χ3v) is 3.83. The highest BCUT2D eigenvalue weighted by molar-refractivity contribution is 9.10. The molecular weight excluding hydrogens is 326 g/mol. The Morgan fingerprint density at radius 3 is 2.67 bits per heavy atom. The van der Waals surface area contributed by atoms with Gasteiger partial charge in [0, 0.05) is 10.7 Å². The van der Waals surface area contributed by atoms with Crippen molar-refractivity contribution in [1.29, 1.82) is 0 Å². The number of pyridine rings is 1. The normalized spacial score (nSPS) is 14.7. The zero-order valence-electron chi connectivity index (χ0n) is 10.2. The van der Waals surface area contributed by atoms with E-state index in [1.807, 2.05) is 0 Å². The molecule has 0 saturated carbocycles. The third kappa shape index (κ3) is 4.00. The molecule has 0 aliphatic rings. The summed E-state index contributed by atoms with van der Waals surface area (Å²) in [5, 5.41) is 0. The van der Waals surface area contributed by atoms with Crippen molar-refractivity contribution in [3.05, 3.63) is 28.2 Å². The van der Waals surface area contributed by atoms with Gasteiger partial charge in [-0.2, -0.15) is 4.39 Å². The van der Waals surface area contributed by atoms with Crippen LogP contribution in [-0.2, 0) is 11.4 Å². The first-order valence-electron chi connectivity index (χ1n) is 5.12. The summed E-state index contributed by atoms with van der Waals surface area (Å²) in [7, 11) is 0. The average Bonchev–Trinajstić information content (AvgIpc) is 2.28. The predicted molar refractivity (Wildman–Crippen MR) is 72.3 cm³/mol. The van der Waals surface area contributed by atoms with Gasteiger partial charge < -0.3 is 4.55 Å². The molecule has 1 heterocycles. The Kier molecular flexibility index (Phi) is 5.24. The van der Waals surface area contributed by atoms with Crippen molar-refractivity contribution in [3.63, 3.8) is 0 Å². The molecular formula is C11H13BrF2N2OS. The standard InChI is InChI=1S/C11H13BrF2N2OS/c1-11(2,3)18(17)16-9(5-13)8-4-7(12)6-15-10(8)14/h4,6H,5H2,1-3H3/b16-9-. The molecule has 1 atom stereocenters. The van der Waals surface area contributed by atoms with Crippen LogP contribution in [-0.4, -0.2) is 26.7 Å². The van der Waals surface area contributed by atoms with Gasteiger partial charge >= 0.3 is 0 Å². The molecule has 0 N–H and O–H groups in total. The van der Waals surface area contributed by atoms with Crippen molar-refractivity contribution in [2.75, 3.05) is 6.67 Å². The fraction of sp³-hybridized carbons (Fsp3) is 0.455. The quantitative estimate of drug-likeness (QED) is 0.482. The minimum atomic E-state index is -1.64. The van der Waals surface area contributed by atoms with E-state index >= 15 is 0 Å². The summed E-state index contributed by atoms with van der Waals surface area (Å²) < 4.78 is 41.8. The molecule has 18 heavy (non-hydrogen) atoms. The Bertz CT molecular complexity index is 463. The summed E-state index contributed by atoms with van der Waals surface area (Å²) >= 11 is 1.47. The lowest BCUT2D eigenvalue weighted by Crippen LogP contribution is -2.27. The van der Waals surface area contributed by atoms with E-state index in [0.29, 0.717) is 4.47 Å². The Morgan fingerprint density at radius 2 is 2.17 bits per heavy atom. The summed E-state index contributed by atoms with van der Waals surface area (Å²) in [5.74, 6) is -0.833. The Balaban J connectivity index is 3.17. The number of aromatic nitrogens is 1. The third-order valence-electron chi connectivity index (χ3n) is 1.96. The minimum absolute atomic E-state index is 0.0792. The van der Waals surface area contributed by atoms with Gasteiger partial charge in [0.2, 0.25) is 5.95 Å². The molecule has 100 valence electrons. The second-order valence-electron chi connectivity index (χ2n) is 4.53. The Labute approximate surface area is 116 Å². The summed E-state index contributed by atoms with van der Waals surface area (Å²) in [5.41, 5.74) is -0.279. The number of nitrogens with zero attached hydrogens (tertiary/aromatic N) is 2. The summed E-state index contributed by atoms with van der Waals surface area (Å²) in [4.78, 5) is 3.46. The van der Waals surface area contributed by atoms with Gasteiger partial charge in [-0.15, -0.1) is 0 Å². The molecule has 1 aromatic rings. The molecule has 7 heteroatoms. The highest BCUT2D eigenvalue weighted by Gasteiger charge is 2.28. The second kappa shape index (κ2) is 6.08. The van der Waals surface area contributed by atoms with Crippen molar-refractivity contribution in [1.82, 2.24) is 4.98 Å². The van der Waals surface area contributed by atoms with Crippen molar-refractivity contribution >= 4 is 33.0 Å². The number of hydrogen-bond acceptors (Lipinski definition) is 3. The van der Waals surface area contributed by atoms with Crippen molar-refractivity contribution in [2.45, 2.75) is 25.5 Å². The molecule has 0 amide bonds. The van der Waals surface area contributed by atoms with Crippen LogP contribution in [0.5, 0.6) is 0 Å². The molecule has 0 saturated heterocycles. The summed E-state index contributed by atoms with van der Waals surface area (Å²) in [6.07, 6.45) is 1.26. The van der Waals surface area contributed by atoms with Crippen LogP contribution in [0.25, 0.3) is 0 Å². The van der Waals surface area contributed by atoms with Gasteiger partial charge in [-0.3, -0.25) is 0 Å². The molecule has 3 nitrogen and oxygen atoms in total. The van der Waals surface area contributed by atoms with Crippen LogP contribution in [0.2, 0.25) is 0 Å². The van der Waals surface area contributed by atoms with Gasteiger partial charge in [0.15, 0.2) is 0 Å². The Morgan fingerprint density at radius 1 is 1.56 bits per heavy atom. The van der Waals surface area contributed by atoms with Gasteiger partial charge in [0.1, 0.15) is 28.5 Å². The fourth-order valence-electron chi connectivity index (χ4n) is 1.01. The molecule has 0 radical (unpaired) electrons. The topological polar surface area (TPSA) is 48.3 Å². The first-order valence-corrected chi connectivity index (χ1v) is 7.02. The molecule has 1 aromatic heterocycles. The molecule has 0 aliphatic carbocycles. The van der Waals surface area contributed by atoms with Gasteiger partial charge in [-0.1, -0.05) is 4.40 Å². The van der Waals surface area contributed by atoms with E-state index in [1.165, 1.54) is 12.3 Å². The minimum Gasteiger partial charge on any atom is -0.591 e. The predicted octanol–water partition coefficient (Wildman–Crippen LogP) is 3.20. The van der Waals surface area contributed by atoms with Crippen LogP contribution >= 0.6 is 15.9 Å². The second-order valence-corrected chi connectivity index (χ2v) is 7.35. The number of halogens is 3. The van der Waals surface area contributed by atoms with Crippen LogP contribution < -0.4 is 0 Å². The SMILES string of the molecule is CC(C)(C)[S+]([O-])/N=C(/CF)c1cc(Br)cnc1F. The van der Waals surface area contributed by atoms with E-state index in [2.05, 4.69) is 25.3 Å². The zero-order valence-corrected chi connectivity index (χ0v) is 12.6. The van der Waals surface area contributed by atoms with E-state index in [4.69, 9.17) is 0 Å². The smallest absolute Gasteiger partial charge is 0.222 e. The summed E-state index contributed by atoms with van der Waals surface area (Å²) in [6, 6.07) is 1.36. The molecule has 0 spiro atoms. The highest BCUT2D eigenvalue weighted by atomic mass is 79.9. The molecule has 0 aromatic carbocycles. The maximum absolute atomic E-state index is 13.5. The van der Waals surface area contributed by atoms with Crippen LogP contribution in [0.1, 0.15) is 26.3 Å². The molecule has 1 unspecified atom stereocenters. The molecule has 1 rings (SSSR count). The maximum Gasteiger partial charge on any atom is 0.222 e. The van der Waals surface area contributed by atoms with Crippen molar-refractivity contribution in [3.8, 4) is 0 Å². The molecule has 0 aliphatic heterocycles.